The average Bonchev–Trinajstić information content (AvgIpc) is 2.61. The highest BCUT2D eigenvalue weighted by atomic mass is 35.5. The van der Waals surface area contributed by atoms with E-state index in [1.54, 1.807) is 12.4 Å². The van der Waals surface area contributed by atoms with Crippen LogP contribution in [0, 0.1) is 6.92 Å². The van der Waals surface area contributed by atoms with Gasteiger partial charge in [-0.2, -0.15) is 0 Å². The molecule has 25 heavy (non-hydrogen) atoms. The molecule has 0 N–H and O–H groups in total. The Bertz CT molecular complexity index is 776. The van der Waals surface area contributed by atoms with Gasteiger partial charge >= 0.3 is 0 Å². The van der Waals surface area contributed by atoms with Crippen molar-refractivity contribution in [2.24, 2.45) is 4.99 Å². The minimum atomic E-state index is 0.0422. The first-order chi connectivity index (χ1) is 11.9. The number of aliphatic imine (C=N–C) groups is 1. The van der Waals surface area contributed by atoms with Crippen molar-refractivity contribution in [2.45, 2.75) is 18.7 Å². The Labute approximate surface area is 163 Å². The summed E-state index contributed by atoms with van der Waals surface area (Å²) in [5.41, 5.74) is 2.17. The number of hydrogen-bond acceptors (Lipinski definition) is 3. The Balaban J connectivity index is 2.10. The highest BCUT2D eigenvalue weighted by Gasteiger charge is 2.13. The predicted molar refractivity (Wildman–Crippen MR) is 109 cm³/mol. The van der Waals surface area contributed by atoms with Gasteiger partial charge in [0.25, 0.3) is 0 Å². The molecule has 6 heteroatoms. The maximum Gasteiger partial charge on any atom is 0.173 e. The van der Waals surface area contributed by atoms with Crippen molar-refractivity contribution in [3.63, 3.8) is 0 Å². The van der Waals surface area contributed by atoms with Crippen molar-refractivity contribution >= 4 is 52.8 Å². The highest BCUT2D eigenvalue weighted by molar-refractivity contribution is 8.00. The van der Waals surface area contributed by atoms with Gasteiger partial charge in [-0.3, -0.25) is 4.79 Å². The number of carbonyl (C=O) groups is 1. The first kappa shape index (κ1) is 19.8. The highest BCUT2D eigenvalue weighted by Crippen LogP contribution is 2.30. The predicted octanol–water partition coefficient (Wildman–Crippen LogP) is 5.89. The number of hydrogen-bond donors (Lipinski definition) is 0. The van der Waals surface area contributed by atoms with E-state index in [1.165, 1.54) is 11.8 Å². The van der Waals surface area contributed by atoms with Crippen LogP contribution in [0.5, 0.6) is 0 Å². The van der Waals surface area contributed by atoms with Gasteiger partial charge in [0, 0.05) is 29.1 Å². The van der Waals surface area contributed by atoms with E-state index in [-0.39, 0.29) is 5.78 Å². The number of aryl methyl sites for hydroxylation is 1. The van der Waals surface area contributed by atoms with Crippen LogP contribution in [-0.2, 0) is 0 Å². The number of thioether (sulfide) groups is 1. The number of Topliss-reactive ketones (excluding diaryl/α,β-unsaturated/α-hetero) is 1. The van der Waals surface area contributed by atoms with Crippen LogP contribution in [-0.4, -0.2) is 36.4 Å². The average molecular weight is 395 g/mol. The van der Waals surface area contributed by atoms with Crippen LogP contribution in [0.3, 0.4) is 0 Å². The molecule has 0 bridgehead atoms. The Hall–Kier alpha value is -1.49. The lowest BCUT2D eigenvalue weighted by molar-refractivity contribution is 0.102. The fraction of sp³-hybridized carbons (Fsp3) is 0.263. The molecule has 0 fully saturated rings. The second-order valence-corrected chi connectivity index (χ2v) is 7.49. The molecule has 0 saturated heterocycles. The van der Waals surface area contributed by atoms with Gasteiger partial charge in [0.1, 0.15) is 0 Å². The van der Waals surface area contributed by atoms with Crippen molar-refractivity contribution in [1.82, 2.24) is 4.90 Å². The summed E-state index contributed by atoms with van der Waals surface area (Å²) in [6.45, 7) is 4.80. The second kappa shape index (κ2) is 9.27. The summed E-state index contributed by atoms with van der Waals surface area (Å²) in [5.74, 6) is 0.389. The smallest absolute Gasteiger partial charge is 0.173 e. The van der Waals surface area contributed by atoms with Crippen molar-refractivity contribution < 1.29 is 4.79 Å². The standard InChI is InChI=1S/C19H20Cl2N2OS/c1-4-23(3)12-22-18-9-13(2)16(10-17(18)21)19(24)11-25-15-7-5-14(20)6-8-15/h5-10,12H,4,11H2,1-3H3/b22-12-. The van der Waals surface area contributed by atoms with Gasteiger partial charge in [0.05, 0.1) is 22.8 Å². The van der Waals surface area contributed by atoms with Crippen LogP contribution in [0.25, 0.3) is 0 Å². The maximum atomic E-state index is 12.5. The molecule has 2 rings (SSSR count). The molecule has 0 saturated carbocycles. The molecule has 132 valence electrons. The zero-order valence-electron chi connectivity index (χ0n) is 14.4. The number of nitrogens with zero attached hydrogens (tertiary/aromatic N) is 2. The molecule has 3 nitrogen and oxygen atoms in total. The third-order valence-electron chi connectivity index (χ3n) is 3.67. The van der Waals surface area contributed by atoms with Crippen molar-refractivity contribution in [2.75, 3.05) is 19.3 Å². The lowest BCUT2D eigenvalue weighted by Gasteiger charge is -2.10. The quantitative estimate of drug-likeness (QED) is 0.254. The molecular formula is C19H20Cl2N2OS. The van der Waals surface area contributed by atoms with Crippen molar-refractivity contribution in [3.05, 3.63) is 57.6 Å². The molecule has 0 aliphatic heterocycles. The molecular weight excluding hydrogens is 375 g/mol. The van der Waals surface area contributed by atoms with E-state index in [4.69, 9.17) is 23.2 Å². The topological polar surface area (TPSA) is 32.7 Å². The fourth-order valence-corrected chi connectivity index (χ4v) is 3.19. The molecule has 0 atom stereocenters. The van der Waals surface area contributed by atoms with E-state index >= 15 is 0 Å². The summed E-state index contributed by atoms with van der Waals surface area (Å²) in [6, 6.07) is 11.0. The molecule has 0 aliphatic carbocycles. The van der Waals surface area contributed by atoms with E-state index in [0.717, 1.165) is 17.0 Å². The summed E-state index contributed by atoms with van der Waals surface area (Å²) in [4.78, 5) is 19.9. The molecule has 0 aliphatic rings. The number of carbonyl (C=O) groups excluding carboxylic acids is 1. The van der Waals surface area contributed by atoms with Crippen LogP contribution in [0.2, 0.25) is 10.0 Å². The Morgan fingerprint density at radius 1 is 1.24 bits per heavy atom. The van der Waals surface area contributed by atoms with Gasteiger partial charge < -0.3 is 4.90 Å². The molecule has 0 heterocycles. The van der Waals surface area contributed by atoms with Crippen molar-refractivity contribution in [1.29, 1.82) is 0 Å². The molecule has 0 amide bonds. The van der Waals surface area contributed by atoms with Gasteiger partial charge in [-0.15, -0.1) is 11.8 Å². The number of benzene rings is 2. The molecule has 0 spiro atoms. The lowest BCUT2D eigenvalue weighted by atomic mass is 10.0. The molecule has 0 unspecified atom stereocenters. The van der Waals surface area contributed by atoms with E-state index in [0.29, 0.717) is 27.0 Å². The van der Waals surface area contributed by atoms with Gasteiger partial charge in [-0.1, -0.05) is 23.2 Å². The first-order valence-corrected chi connectivity index (χ1v) is 9.61. The second-order valence-electron chi connectivity index (χ2n) is 5.60. The summed E-state index contributed by atoms with van der Waals surface area (Å²) < 4.78 is 0. The monoisotopic (exact) mass is 394 g/mol. The minimum absolute atomic E-state index is 0.0422. The summed E-state index contributed by atoms with van der Waals surface area (Å²) >= 11 is 13.7. The van der Waals surface area contributed by atoms with E-state index < -0.39 is 0 Å². The minimum Gasteiger partial charge on any atom is -0.366 e. The van der Waals surface area contributed by atoms with E-state index in [1.807, 2.05) is 56.1 Å². The number of halogens is 2. The van der Waals surface area contributed by atoms with Crippen molar-refractivity contribution in [3.8, 4) is 0 Å². The van der Waals surface area contributed by atoms with Crippen LogP contribution >= 0.6 is 35.0 Å². The van der Waals surface area contributed by atoms with Crippen LogP contribution in [0.1, 0.15) is 22.8 Å². The van der Waals surface area contributed by atoms with Gasteiger partial charge in [0.15, 0.2) is 5.78 Å². The van der Waals surface area contributed by atoms with Gasteiger partial charge in [-0.05, 0) is 55.8 Å². The summed E-state index contributed by atoms with van der Waals surface area (Å²) in [7, 11) is 1.94. The molecule has 2 aromatic rings. The first-order valence-electron chi connectivity index (χ1n) is 7.87. The Kier molecular flexibility index (Phi) is 7.36. The van der Waals surface area contributed by atoms with Gasteiger partial charge in [0.2, 0.25) is 0 Å². The van der Waals surface area contributed by atoms with Crippen LogP contribution in [0.4, 0.5) is 5.69 Å². The molecule has 0 radical (unpaired) electrons. The van der Waals surface area contributed by atoms with E-state index in [2.05, 4.69) is 4.99 Å². The zero-order chi connectivity index (χ0) is 18.4. The largest absolute Gasteiger partial charge is 0.366 e. The molecule has 2 aromatic carbocycles. The fourth-order valence-electron chi connectivity index (χ4n) is 2.07. The zero-order valence-corrected chi connectivity index (χ0v) is 16.8. The maximum absolute atomic E-state index is 12.5. The number of rotatable bonds is 7. The van der Waals surface area contributed by atoms with Crippen LogP contribution in [0.15, 0.2) is 46.3 Å². The Morgan fingerprint density at radius 3 is 2.56 bits per heavy atom. The molecule has 0 aromatic heterocycles. The normalized spacial score (nSPS) is 11.1. The lowest BCUT2D eigenvalue weighted by Crippen LogP contribution is -2.14. The van der Waals surface area contributed by atoms with Gasteiger partial charge in [-0.25, -0.2) is 4.99 Å². The Morgan fingerprint density at radius 2 is 1.92 bits per heavy atom. The van der Waals surface area contributed by atoms with Crippen LogP contribution < -0.4 is 0 Å². The SMILES string of the molecule is CCN(C)/C=N\c1cc(C)c(C(=O)CSc2ccc(Cl)cc2)cc1Cl. The third-order valence-corrected chi connectivity index (χ3v) is 5.24. The summed E-state index contributed by atoms with van der Waals surface area (Å²) in [5, 5.41) is 1.16. The van der Waals surface area contributed by atoms with E-state index in [9.17, 15) is 4.79 Å². The third kappa shape index (κ3) is 5.77. The number of ketones is 1. The summed E-state index contributed by atoms with van der Waals surface area (Å²) in [6.07, 6.45) is 1.73.